The van der Waals surface area contributed by atoms with E-state index in [4.69, 9.17) is 0 Å². The molecule has 88 valence electrons. The topological polar surface area (TPSA) is 63.6 Å². The second-order valence-corrected chi connectivity index (χ2v) is 4.22. The summed E-state index contributed by atoms with van der Waals surface area (Å²) < 4.78 is 0. The highest BCUT2D eigenvalue weighted by molar-refractivity contribution is 7.98. The van der Waals surface area contributed by atoms with Gasteiger partial charge in [0.15, 0.2) is 0 Å². The van der Waals surface area contributed by atoms with Gasteiger partial charge >= 0.3 is 0 Å². The molecule has 0 aliphatic heterocycles. The zero-order valence-electron chi connectivity index (χ0n) is 9.71. The molecule has 0 radical (unpaired) electrons. The second kappa shape index (κ2) is 5.58. The summed E-state index contributed by atoms with van der Waals surface area (Å²) in [6.07, 6.45) is 5.30. The van der Waals surface area contributed by atoms with Crippen LogP contribution < -0.4 is 5.32 Å². The van der Waals surface area contributed by atoms with E-state index in [1.165, 1.54) is 0 Å². The predicted octanol–water partition coefficient (Wildman–Crippen LogP) is 1.91. The molecule has 0 fully saturated rings. The van der Waals surface area contributed by atoms with Crippen molar-refractivity contribution < 1.29 is 0 Å². The van der Waals surface area contributed by atoms with Crippen molar-refractivity contribution in [2.75, 3.05) is 11.6 Å². The van der Waals surface area contributed by atoms with E-state index in [2.05, 4.69) is 25.3 Å². The first-order valence-corrected chi connectivity index (χ1v) is 6.39. The van der Waals surface area contributed by atoms with Gasteiger partial charge < -0.3 is 5.32 Å². The third kappa shape index (κ3) is 3.39. The number of nitrogens with one attached hydrogen (secondary N) is 1. The molecule has 17 heavy (non-hydrogen) atoms. The van der Waals surface area contributed by atoms with Crippen LogP contribution in [-0.2, 0) is 6.54 Å². The molecule has 0 saturated heterocycles. The van der Waals surface area contributed by atoms with Crippen molar-refractivity contribution in [2.24, 2.45) is 0 Å². The Labute approximate surface area is 104 Å². The Morgan fingerprint density at radius 3 is 2.94 bits per heavy atom. The van der Waals surface area contributed by atoms with Crippen LogP contribution in [-0.4, -0.2) is 26.2 Å². The number of hydrogen-bond donors (Lipinski definition) is 1. The first-order valence-electron chi connectivity index (χ1n) is 5.16. The first-order chi connectivity index (χ1) is 8.28. The van der Waals surface area contributed by atoms with E-state index in [0.717, 1.165) is 22.4 Å². The van der Waals surface area contributed by atoms with Gasteiger partial charge in [-0.2, -0.15) is 0 Å². The van der Waals surface area contributed by atoms with Crippen LogP contribution in [0, 0.1) is 6.92 Å². The van der Waals surface area contributed by atoms with Crippen LogP contribution in [0.1, 0.15) is 11.5 Å². The Morgan fingerprint density at radius 1 is 1.29 bits per heavy atom. The first kappa shape index (κ1) is 11.8. The summed E-state index contributed by atoms with van der Waals surface area (Å²) >= 11 is 1.59. The van der Waals surface area contributed by atoms with Gasteiger partial charge in [-0.05, 0) is 19.2 Å². The molecule has 2 aromatic rings. The van der Waals surface area contributed by atoms with E-state index >= 15 is 0 Å². The standard InChI is InChI=1S/C11H13N5S/c1-8-12-4-3-9(16-8)6-13-10-5-11(17-2)15-7-14-10/h3-5,7H,6H2,1-2H3,(H,13,14,15). The monoisotopic (exact) mass is 247 g/mol. The number of aromatic nitrogens is 4. The minimum Gasteiger partial charge on any atom is -0.364 e. The average Bonchev–Trinajstić information content (AvgIpc) is 2.37. The van der Waals surface area contributed by atoms with Gasteiger partial charge in [-0.15, -0.1) is 11.8 Å². The third-order valence-electron chi connectivity index (χ3n) is 2.14. The highest BCUT2D eigenvalue weighted by Crippen LogP contribution is 2.13. The lowest BCUT2D eigenvalue weighted by atomic mass is 10.4. The SMILES string of the molecule is CSc1cc(NCc2ccnc(C)n2)ncn1. The Kier molecular flexibility index (Phi) is 3.87. The number of hydrogen-bond acceptors (Lipinski definition) is 6. The quantitative estimate of drug-likeness (QED) is 0.657. The summed E-state index contributed by atoms with van der Waals surface area (Å²) in [5.74, 6) is 1.58. The molecule has 2 rings (SSSR count). The minimum atomic E-state index is 0.633. The summed E-state index contributed by atoms with van der Waals surface area (Å²) in [7, 11) is 0. The van der Waals surface area contributed by atoms with Gasteiger partial charge in [-0.1, -0.05) is 0 Å². The van der Waals surface area contributed by atoms with E-state index < -0.39 is 0 Å². The maximum atomic E-state index is 4.31. The molecular formula is C11H13N5S. The van der Waals surface area contributed by atoms with Crippen LogP contribution in [0.25, 0.3) is 0 Å². The molecule has 6 heteroatoms. The van der Waals surface area contributed by atoms with E-state index in [9.17, 15) is 0 Å². The van der Waals surface area contributed by atoms with E-state index in [1.807, 2.05) is 25.3 Å². The van der Waals surface area contributed by atoms with Crippen molar-refractivity contribution in [3.63, 3.8) is 0 Å². The van der Waals surface area contributed by atoms with Crippen LogP contribution in [0.2, 0.25) is 0 Å². The fraction of sp³-hybridized carbons (Fsp3) is 0.273. The number of anilines is 1. The average molecular weight is 247 g/mol. The Morgan fingerprint density at radius 2 is 2.18 bits per heavy atom. The normalized spacial score (nSPS) is 10.2. The maximum Gasteiger partial charge on any atom is 0.130 e. The summed E-state index contributed by atoms with van der Waals surface area (Å²) in [6, 6.07) is 3.80. The second-order valence-electron chi connectivity index (χ2n) is 3.39. The van der Waals surface area contributed by atoms with Crippen LogP contribution in [0.5, 0.6) is 0 Å². The van der Waals surface area contributed by atoms with Gasteiger partial charge in [0.1, 0.15) is 23.0 Å². The lowest BCUT2D eigenvalue weighted by Crippen LogP contribution is -2.04. The van der Waals surface area contributed by atoms with Crippen molar-refractivity contribution in [3.05, 3.63) is 36.2 Å². The summed E-state index contributed by atoms with van der Waals surface area (Å²) in [5.41, 5.74) is 0.946. The fourth-order valence-corrected chi connectivity index (χ4v) is 1.71. The summed E-state index contributed by atoms with van der Waals surface area (Å²) in [4.78, 5) is 16.6. The predicted molar refractivity (Wildman–Crippen MR) is 67.9 cm³/mol. The van der Waals surface area contributed by atoms with Crippen LogP contribution in [0.15, 0.2) is 29.7 Å². The van der Waals surface area contributed by atoms with Gasteiger partial charge in [-0.3, -0.25) is 0 Å². The molecular weight excluding hydrogens is 234 g/mol. The van der Waals surface area contributed by atoms with Crippen LogP contribution in [0.4, 0.5) is 5.82 Å². The largest absolute Gasteiger partial charge is 0.364 e. The van der Waals surface area contributed by atoms with Crippen molar-refractivity contribution in [1.29, 1.82) is 0 Å². The van der Waals surface area contributed by atoms with Crippen molar-refractivity contribution in [1.82, 2.24) is 19.9 Å². The van der Waals surface area contributed by atoms with Crippen LogP contribution >= 0.6 is 11.8 Å². The van der Waals surface area contributed by atoms with Gasteiger partial charge in [-0.25, -0.2) is 19.9 Å². The van der Waals surface area contributed by atoms with Crippen molar-refractivity contribution in [3.8, 4) is 0 Å². The molecule has 5 nitrogen and oxygen atoms in total. The molecule has 0 saturated carbocycles. The molecule has 2 aromatic heterocycles. The molecule has 1 N–H and O–H groups in total. The molecule has 0 aliphatic carbocycles. The Hall–Kier alpha value is -1.69. The molecule has 0 aliphatic rings. The number of rotatable bonds is 4. The van der Waals surface area contributed by atoms with Gasteiger partial charge in [0.05, 0.1) is 12.2 Å². The van der Waals surface area contributed by atoms with Gasteiger partial charge in [0.25, 0.3) is 0 Å². The van der Waals surface area contributed by atoms with E-state index in [-0.39, 0.29) is 0 Å². The highest BCUT2D eigenvalue weighted by atomic mass is 32.2. The van der Waals surface area contributed by atoms with Crippen molar-refractivity contribution in [2.45, 2.75) is 18.5 Å². The number of nitrogens with zero attached hydrogens (tertiary/aromatic N) is 4. The van der Waals surface area contributed by atoms with E-state index in [0.29, 0.717) is 6.54 Å². The number of thioether (sulfide) groups is 1. The lowest BCUT2D eigenvalue weighted by Gasteiger charge is -2.05. The molecule has 0 amide bonds. The molecule has 2 heterocycles. The Bertz CT molecular complexity index is 503. The summed E-state index contributed by atoms with van der Waals surface area (Å²) in [6.45, 7) is 2.51. The van der Waals surface area contributed by atoms with Gasteiger partial charge in [0, 0.05) is 12.3 Å². The Balaban J connectivity index is 2.02. The van der Waals surface area contributed by atoms with E-state index in [1.54, 1.807) is 24.3 Å². The minimum absolute atomic E-state index is 0.633. The van der Waals surface area contributed by atoms with Crippen molar-refractivity contribution >= 4 is 17.6 Å². The lowest BCUT2D eigenvalue weighted by molar-refractivity contribution is 0.942. The maximum absolute atomic E-state index is 4.31. The number of aryl methyl sites for hydroxylation is 1. The zero-order chi connectivity index (χ0) is 12.1. The molecule has 0 spiro atoms. The third-order valence-corrected chi connectivity index (χ3v) is 2.78. The zero-order valence-corrected chi connectivity index (χ0v) is 10.5. The van der Waals surface area contributed by atoms with Gasteiger partial charge in [0.2, 0.25) is 0 Å². The molecule has 0 unspecified atom stereocenters. The molecule has 0 atom stereocenters. The smallest absolute Gasteiger partial charge is 0.130 e. The highest BCUT2D eigenvalue weighted by Gasteiger charge is 1.99. The molecule has 0 bridgehead atoms. The summed E-state index contributed by atoms with van der Waals surface area (Å²) in [5, 5.41) is 4.15. The fourth-order valence-electron chi connectivity index (χ4n) is 1.33. The van der Waals surface area contributed by atoms with Crippen LogP contribution in [0.3, 0.4) is 0 Å². The molecule has 0 aromatic carbocycles.